The zero-order valence-corrected chi connectivity index (χ0v) is 13.4. The highest BCUT2D eigenvalue weighted by atomic mass is 35.5. The van der Waals surface area contributed by atoms with Gasteiger partial charge in [0.05, 0.1) is 17.4 Å². The number of thioether (sulfide) groups is 1. The van der Waals surface area contributed by atoms with Gasteiger partial charge in [-0.25, -0.2) is 4.98 Å². The Morgan fingerprint density at radius 1 is 1.52 bits per heavy atom. The maximum absolute atomic E-state index is 12.1. The zero-order valence-electron chi connectivity index (χ0n) is 11.8. The average molecular weight is 327 g/mol. The van der Waals surface area contributed by atoms with E-state index in [1.165, 1.54) is 18.9 Å². The van der Waals surface area contributed by atoms with Gasteiger partial charge in [0.25, 0.3) is 0 Å². The highest BCUT2D eigenvalue weighted by molar-refractivity contribution is 8.00. The second kappa shape index (κ2) is 6.82. The standard InChI is InChI=1S/C13H15ClN4O2S/c1-7(21-13-15-8(2)17-18-13)12(19)16-9-4-5-11(20-3)10(14)6-9/h4-7H,1-3H3,(H,16,19)(H,15,17,18). The molecule has 0 fully saturated rings. The van der Waals surface area contributed by atoms with Gasteiger partial charge >= 0.3 is 0 Å². The molecule has 1 amide bonds. The van der Waals surface area contributed by atoms with Crippen LogP contribution < -0.4 is 10.1 Å². The third kappa shape index (κ3) is 4.12. The highest BCUT2D eigenvalue weighted by Gasteiger charge is 2.17. The number of H-pyrrole nitrogens is 1. The number of benzene rings is 1. The van der Waals surface area contributed by atoms with E-state index >= 15 is 0 Å². The number of carbonyl (C=O) groups is 1. The number of methoxy groups -OCH3 is 1. The Labute approximate surface area is 131 Å². The van der Waals surface area contributed by atoms with E-state index in [0.29, 0.717) is 27.4 Å². The van der Waals surface area contributed by atoms with Crippen molar-refractivity contribution in [2.45, 2.75) is 24.3 Å². The molecule has 0 aliphatic rings. The Hall–Kier alpha value is -1.73. The summed E-state index contributed by atoms with van der Waals surface area (Å²) in [6, 6.07) is 5.08. The highest BCUT2D eigenvalue weighted by Crippen LogP contribution is 2.28. The zero-order chi connectivity index (χ0) is 15.4. The fourth-order valence-corrected chi connectivity index (χ4v) is 2.60. The Bertz CT molecular complexity index is 647. The number of carbonyl (C=O) groups excluding carboxylic acids is 1. The van der Waals surface area contributed by atoms with Crippen LogP contribution in [-0.4, -0.2) is 33.4 Å². The number of ether oxygens (including phenoxy) is 1. The lowest BCUT2D eigenvalue weighted by molar-refractivity contribution is -0.115. The number of anilines is 1. The minimum atomic E-state index is -0.332. The van der Waals surface area contributed by atoms with Crippen LogP contribution in [0.1, 0.15) is 12.7 Å². The molecule has 1 unspecified atom stereocenters. The van der Waals surface area contributed by atoms with Gasteiger partial charge in [-0.3, -0.25) is 9.89 Å². The lowest BCUT2D eigenvalue weighted by atomic mass is 10.3. The average Bonchev–Trinajstić information content (AvgIpc) is 2.84. The van der Waals surface area contributed by atoms with Crippen molar-refractivity contribution in [2.75, 3.05) is 12.4 Å². The van der Waals surface area contributed by atoms with Gasteiger partial charge in [-0.1, -0.05) is 23.4 Å². The summed E-state index contributed by atoms with van der Waals surface area (Å²) < 4.78 is 5.06. The summed E-state index contributed by atoms with van der Waals surface area (Å²) in [5, 5.41) is 10.2. The van der Waals surface area contributed by atoms with Gasteiger partial charge < -0.3 is 10.1 Å². The summed E-state index contributed by atoms with van der Waals surface area (Å²) in [7, 11) is 1.54. The number of hydrogen-bond acceptors (Lipinski definition) is 5. The first-order valence-corrected chi connectivity index (χ1v) is 7.45. The van der Waals surface area contributed by atoms with Gasteiger partial charge in [0.15, 0.2) is 0 Å². The number of aryl methyl sites for hydroxylation is 1. The molecule has 112 valence electrons. The minimum Gasteiger partial charge on any atom is -0.495 e. The number of rotatable bonds is 5. The van der Waals surface area contributed by atoms with Crippen molar-refractivity contribution in [2.24, 2.45) is 0 Å². The Morgan fingerprint density at radius 2 is 2.29 bits per heavy atom. The van der Waals surface area contributed by atoms with Crippen LogP contribution in [0.3, 0.4) is 0 Å². The normalized spacial score (nSPS) is 12.0. The molecular weight excluding hydrogens is 312 g/mol. The summed E-state index contributed by atoms with van der Waals surface area (Å²) in [6.45, 7) is 3.60. The van der Waals surface area contributed by atoms with Crippen molar-refractivity contribution in [3.63, 3.8) is 0 Å². The SMILES string of the molecule is COc1ccc(NC(=O)C(C)Sc2n[nH]c(C)n2)cc1Cl. The predicted molar refractivity (Wildman–Crippen MR) is 83.1 cm³/mol. The second-order valence-electron chi connectivity index (χ2n) is 4.30. The third-order valence-electron chi connectivity index (χ3n) is 2.65. The first-order chi connectivity index (χ1) is 9.99. The lowest BCUT2D eigenvalue weighted by Crippen LogP contribution is -2.22. The van der Waals surface area contributed by atoms with Crippen molar-refractivity contribution in [1.29, 1.82) is 0 Å². The Morgan fingerprint density at radius 3 is 2.86 bits per heavy atom. The lowest BCUT2D eigenvalue weighted by Gasteiger charge is -2.11. The summed E-state index contributed by atoms with van der Waals surface area (Å²) in [5.41, 5.74) is 0.615. The van der Waals surface area contributed by atoms with Crippen molar-refractivity contribution in [3.8, 4) is 5.75 Å². The summed E-state index contributed by atoms with van der Waals surface area (Å²) in [5.74, 6) is 1.13. The van der Waals surface area contributed by atoms with E-state index < -0.39 is 0 Å². The first kappa shape index (κ1) is 15.7. The largest absolute Gasteiger partial charge is 0.495 e. The smallest absolute Gasteiger partial charge is 0.237 e. The number of halogens is 1. The van der Waals surface area contributed by atoms with Gasteiger partial charge in [-0.2, -0.15) is 0 Å². The van der Waals surface area contributed by atoms with Crippen LogP contribution in [-0.2, 0) is 4.79 Å². The van der Waals surface area contributed by atoms with E-state index in [0.717, 1.165) is 0 Å². The van der Waals surface area contributed by atoms with E-state index in [1.54, 1.807) is 32.0 Å². The van der Waals surface area contributed by atoms with Crippen molar-refractivity contribution >= 4 is 35.0 Å². The minimum absolute atomic E-state index is 0.149. The molecular formula is C13H15ClN4O2S. The molecule has 8 heteroatoms. The molecule has 1 heterocycles. The van der Waals surface area contributed by atoms with Gasteiger partial charge in [0, 0.05) is 5.69 Å². The van der Waals surface area contributed by atoms with Crippen LogP contribution in [0.15, 0.2) is 23.4 Å². The molecule has 1 aromatic heterocycles. The Kier molecular flexibility index (Phi) is 5.08. The van der Waals surface area contributed by atoms with E-state index in [4.69, 9.17) is 16.3 Å². The van der Waals surface area contributed by atoms with E-state index in [2.05, 4.69) is 20.5 Å². The van der Waals surface area contributed by atoms with E-state index in [-0.39, 0.29) is 11.2 Å². The number of aromatic nitrogens is 3. The number of amides is 1. The second-order valence-corrected chi connectivity index (χ2v) is 6.02. The number of nitrogens with one attached hydrogen (secondary N) is 2. The molecule has 2 aromatic rings. The van der Waals surface area contributed by atoms with E-state index in [1.807, 2.05) is 0 Å². The molecule has 0 aliphatic carbocycles. The van der Waals surface area contributed by atoms with Crippen LogP contribution in [0, 0.1) is 6.92 Å². The predicted octanol–water partition coefficient (Wildman–Crippen LogP) is 2.89. The monoisotopic (exact) mass is 326 g/mol. The molecule has 2 N–H and O–H groups in total. The van der Waals surface area contributed by atoms with Crippen LogP contribution in [0.25, 0.3) is 0 Å². The topological polar surface area (TPSA) is 79.9 Å². The van der Waals surface area contributed by atoms with E-state index in [9.17, 15) is 4.79 Å². The first-order valence-electron chi connectivity index (χ1n) is 6.19. The number of nitrogens with zero attached hydrogens (tertiary/aromatic N) is 2. The molecule has 0 radical (unpaired) electrons. The number of aromatic amines is 1. The molecule has 0 spiro atoms. The summed E-state index contributed by atoms with van der Waals surface area (Å²) in [6.07, 6.45) is 0. The van der Waals surface area contributed by atoms with Crippen LogP contribution in [0.4, 0.5) is 5.69 Å². The molecule has 2 rings (SSSR count). The van der Waals surface area contributed by atoms with Gasteiger partial charge in [-0.05, 0) is 32.0 Å². The maximum Gasteiger partial charge on any atom is 0.237 e. The van der Waals surface area contributed by atoms with Crippen LogP contribution in [0.2, 0.25) is 5.02 Å². The molecule has 21 heavy (non-hydrogen) atoms. The summed E-state index contributed by atoms with van der Waals surface area (Å²) in [4.78, 5) is 16.3. The quantitative estimate of drug-likeness (QED) is 0.826. The molecule has 1 atom stereocenters. The summed E-state index contributed by atoms with van der Waals surface area (Å²) >= 11 is 7.30. The Balaban J connectivity index is 1.98. The molecule has 0 saturated heterocycles. The molecule has 0 bridgehead atoms. The van der Waals surface area contributed by atoms with Crippen molar-refractivity contribution in [3.05, 3.63) is 29.0 Å². The fraction of sp³-hybridized carbons (Fsp3) is 0.308. The molecule has 0 saturated carbocycles. The van der Waals surface area contributed by atoms with Crippen molar-refractivity contribution < 1.29 is 9.53 Å². The number of hydrogen-bond donors (Lipinski definition) is 2. The van der Waals surface area contributed by atoms with Gasteiger partial charge in [0.2, 0.25) is 11.1 Å². The van der Waals surface area contributed by atoms with Crippen LogP contribution in [0.5, 0.6) is 5.75 Å². The van der Waals surface area contributed by atoms with Crippen LogP contribution >= 0.6 is 23.4 Å². The molecule has 6 nitrogen and oxygen atoms in total. The van der Waals surface area contributed by atoms with Crippen molar-refractivity contribution in [1.82, 2.24) is 15.2 Å². The molecule has 0 aliphatic heterocycles. The van der Waals surface area contributed by atoms with Gasteiger partial charge in [0.1, 0.15) is 11.6 Å². The fourth-order valence-electron chi connectivity index (χ4n) is 1.57. The third-order valence-corrected chi connectivity index (χ3v) is 3.90. The van der Waals surface area contributed by atoms with Gasteiger partial charge in [-0.15, -0.1) is 5.10 Å². The molecule has 1 aromatic carbocycles. The maximum atomic E-state index is 12.1.